The minimum atomic E-state index is -1.05. The average Bonchev–Trinajstić information content (AvgIpc) is 3.26. The van der Waals surface area contributed by atoms with Crippen molar-refractivity contribution in [1.82, 2.24) is 8.80 Å². The first kappa shape index (κ1) is 20.6. The minimum absolute atomic E-state index is 0.0208. The van der Waals surface area contributed by atoms with E-state index in [2.05, 4.69) is 4.74 Å². The largest absolute Gasteiger partial charge is 0.478 e. The number of carboxylic acid groups (broad SMARTS) is 1. The molecule has 4 rings (SSSR count). The van der Waals surface area contributed by atoms with E-state index >= 15 is 0 Å². The van der Waals surface area contributed by atoms with Crippen LogP contribution < -0.4 is 0 Å². The molecule has 0 bridgehead atoms. The van der Waals surface area contributed by atoms with Gasteiger partial charge in [-0.1, -0.05) is 23.2 Å². The number of hydrogen-bond donors (Lipinski definition) is 1. The van der Waals surface area contributed by atoms with E-state index in [1.54, 1.807) is 6.07 Å². The fourth-order valence-corrected chi connectivity index (χ4v) is 2.88. The number of esters is 1. The standard InChI is InChI=1S/C10H7ClFNO2.C9H5ClFNO2/c1-15-10(14)6-2-7-3-8(11)9(12)5-13(7)4-6;10-7-2-6-1-5(9(13)14)3-12(6)4-8(7)11/h2-5H,1H3;1-4H,(H,13,14). The molecule has 6 nitrogen and oxygen atoms in total. The smallest absolute Gasteiger partial charge is 0.339 e. The quantitative estimate of drug-likeness (QED) is 0.447. The molecule has 0 atom stereocenters. The van der Waals surface area contributed by atoms with Crippen LogP contribution >= 0.6 is 23.2 Å². The molecule has 0 saturated carbocycles. The first-order valence-electron chi connectivity index (χ1n) is 7.94. The number of hydrogen-bond acceptors (Lipinski definition) is 3. The number of carbonyl (C=O) groups excluding carboxylic acids is 1. The van der Waals surface area contributed by atoms with Crippen LogP contribution in [0.5, 0.6) is 0 Å². The van der Waals surface area contributed by atoms with Gasteiger partial charge in [0.2, 0.25) is 0 Å². The summed E-state index contributed by atoms with van der Waals surface area (Å²) >= 11 is 11.1. The molecule has 1 N–H and O–H groups in total. The van der Waals surface area contributed by atoms with Crippen molar-refractivity contribution in [2.45, 2.75) is 0 Å². The maximum atomic E-state index is 13.1. The number of fused-ring (bicyclic) bond motifs is 2. The van der Waals surface area contributed by atoms with E-state index in [1.165, 1.54) is 52.7 Å². The van der Waals surface area contributed by atoms with Crippen LogP contribution in [0.25, 0.3) is 11.0 Å². The Labute approximate surface area is 172 Å². The summed E-state index contributed by atoms with van der Waals surface area (Å²) in [5, 5.41) is 8.69. The van der Waals surface area contributed by atoms with Crippen molar-refractivity contribution in [2.24, 2.45) is 0 Å². The molecule has 0 aromatic carbocycles. The Morgan fingerprint density at radius 1 is 0.862 bits per heavy atom. The number of pyridine rings is 2. The fourth-order valence-electron chi connectivity index (χ4n) is 2.56. The zero-order valence-corrected chi connectivity index (χ0v) is 16.2. The normalized spacial score (nSPS) is 10.7. The third-order valence-electron chi connectivity index (χ3n) is 3.94. The van der Waals surface area contributed by atoms with E-state index in [-0.39, 0.29) is 15.6 Å². The molecule has 4 aromatic rings. The zero-order chi connectivity index (χ0) is 21.3. The molecule has 0 radical (unpaired) electrons. The Morgan fingerprint density at radius 3 is 1.76 bits per heavy atom. The lowest BCUT2D eigenvalue weighted by atomic mass is 10.3. The van der Waals surface area contributed by atoms with Gasteiger partial charge in [-0.3, -0.25) is 0 Å². The van der Waals surface area contributed by atoms with E-state index in [4.69, 9.17) is 28.3 Å². The predicted octanol–water partition coefficient (Wildman–Crippen LogP) is 4.95. The summed E-state index contributed by atoms with van der Waals surface area (Å²) in [5.41, 5.74) is 1.65. The van der Waals surface area contributed by atoms with Gasteiger partial charge < -0.3 is 18.6 Å². The summed E-state index contributed by atoms with van der Waals surface area (Å²) in [4.78, 5) is 21.8. The highest BCUT2D eigenvalue weighted by Crippen LogP contribution is 2.20. The molecule has 10 heteroatoms. The predicted molar refractivity (Wildman–Crippen MR) is 103 cm³/mol. The summed E-state index contributed by atoms with van der Waals surface area (Å²) in [7, 11) is 1.29. The molecule has 0 spiro atoms. The van der Waals surface area contributed by atoms with Crippen molar-refractivity contribution in [3.63, 3.8) is 0 Å². The number of nitrogens with zero attached hydrogens (tertiary/aromatic N) is 2. The third-order valence-corrected chi connectivity index (χ3v) is 4.52. The van der Waals surface area contributed by atoms with Gasteiger partial charge in [0.25, 0.3) is 0 Å². The second kappa shape index (κ2) is 8.10. The van der Waals surface area contributed by atoms with Gasteiger partial charge in [0.1, 0.15) is 0 Å². The van der Waals surface area contributed by atoms with Gasteiger partial charge >= 0.3 is 11.9 Å². The maximum absolute atomic E-state index is 13.1. The molecule has 4 heterocycles. The Hall–Kier alpha value is -3.10. The number of ether oxygens (including phenoxy) is 1. The lowest BCUT2D eigenvalue weighted by molar-refractivity contribution is 0.0600. The molecule has 0 fully saturated rings. The van der Waals surface area contributed by atoms with Crippen LogP contribution in [0.1, 0.15) is 20.7 Å². The van der Waals surface area contributed by atoms with Crippen molar-refractivity contribution in [3.05, 3.63) is 81.9 Å². The molecule has 0 aliphatic carbocycles. The highest BCUT2D eigenvalue weighted by molar-refractivity contribution is 6.31. The minimum Gasteiger partial charge on any atom is -0.478 e. The van der Waals surface area contributed by atoms with Gasteiger partial charge in [0.05, 0.1) is 28.3 Å². The number of rotatable bonds is 2. The monoisotopic (exact) mass is 440 g/mol. The molecule has 0 aliphatic heterocycles. The maximum Gasteiger partial charge on any atom is 0.339 e. The summed E-state index contributed by atoms with van der Waals surface area (Å²) in [6.45, 7) is 0. The third kappa shape index (κ3) is 4.33. The van der Waals surface area contributed by atoms with E-state index < -0.39 is 23.6 Å². The van der Waals surface area contributed by atoms with E-state index in [1.807, 2.05) is 0 Å². The summed E-state index contributed by atoms with van der Waals surface area (Å²) in [5.74, 6) is -2.62. The second-order valence-corrected chi connectivity index (χ2v) is 6.67. The number of halogens is 4. The zero-order valence-electron chi connectivity index (χ0n) is 14.7. The second-order valence-electron chi connectivity index (χ2n) is 5.86. The van der Waals surface area contributed by atoms with Crippen molar-refractivity contribution >= 4 is 46.2 Å². The van der Waals surface area contributed by atoms with Crippen LogP contribution in [0.4, 0.5) is 8.78 Å². The highest BCUT2D eigenvalue weighted by Gasteiger charge is 2.11. The summed E-state index contributed by atoms with van der Waals surface area (Å²) in [6, 6.07) is 5.83. The van der Waals surface area contributed by atoms with Gasteiger partial charge in [0.15, 0.2) is 11.6 Å². The van der Waals surface area contributed by atoms with Gasteiger partial charge in [-0.25, -0.2) is 18.4 Å². The number of carboxylic acids is 1. The Morgan fingerprint density at radius 2 is 1.31 bits per heavy atom. The first-order valence-corrected chi connectivity index (χ1v) is 8.70. The van der Waals surface area contributed by atoms with Crippen molar-refractivity contribution < 1.29 is 28.2 Å². The molecule has 0 unspecified atom stereocenters. The van der Waals surface area contributed by atoms with Crippen molar-refractivity contribution in [3.8, 4) is 0 Å². The molecular formula is C19H12Cl2F2N2O4. The van der Waals surface area contributed by atoms with Crippen LogP contribution in [0, 0.1) is 11.6 Å². The SMILES string of the molecule is COC(=O)c1cc2cc(Cl)c(F)cn2c1.O=C(O)c1cc2cc(Cl)c(F)cn2c1. The Bertz CT molecular complexity index is 1170. The molecule has 0 amide bonds. The highest BCUT2D eigenvalue weighted by atomic mass is 35.5. The van der Waals surface area contributed by atoms with Crippen LogP contribution in [0.15, 0.2) is 49.1 Å². The number of carbonyl (C=O) groups is 2. The molecule has 29 heavy (non-hydrogen) atoms. The number of aromatic nitrogens is 2. The van der Waals surface area contributed by atoms with Crippen molar-refractivity contribution in [1.29, 1.82) is 0 Å². The topological polar surface area (TPSA) is 72.4 Å². The molecule has 0 saturated heterocycles. The Kier molecular flexibility index (Phi) is 5.76. The average molecular weight is 441 g/mol. The summed E-state index contributed by atoms with van der Waals surface area (Å²) in [6.07, 6.45) is 5.17. The van der Waals surface area contributed by atoms with Gasteiger partial charge in [-0.2, -0.15) is 0 Å². The fraction of sp³-hybridized carbons (Fsp3) is 0.0526. The van der Waals surface area contributed by atoms with Crippen LogP contribution in [0.3, 0.4) is 0 Å². The number of aromatic carboxylic acids is 1. The Balaban J connectivity index is 0.000000166. The van der Waals surface area contributed by atoms with E-state index in [0.29, 0.717) is 16.6 Å². The van der Waals surface area contributed by atoms with E-state index in [0.717, 1.165) is 6.20 Å². The van der Waals surface area contributed by atoms with Gasteiger partial charge in [-0.15, -0.1) is 0 Å². The van der Waals surface area contributed by atoms with Gasteiger partial charge in [0, 0.05) is 35.8 Å². The van der Waals surface area contributed by atoms with Crippen LogP contribution in [-0.2, 0) is 4.74 Å². The lowest BCUT2D eigenvalue weighted by Gasteiger charge is -1.96. The molecule has 0 aliphatic rings. The van der Waals surface area contributed by atoms with Gasteiger partial charge in [-0.05, 0) is 24.3 Å². The van der Waals surface area contributed by atoms with Crippen molar-refractivity contribution in [2.75, 3.05) is 7.11 Å². The van der Waals surface area contributed by atoms with E-state index in [9.17, 15) is 18.4 Å². The molecule has 4 aromatic heterocycles. The molecule has 150 valence electrons. The summed E-state index contributed by atoms with van der Waals surface area (Å²) < 4.78 is 33.4. The molecular weight excluding hydrogens is 429 g/mol. The lowest BCUT2D eigenvalue weighted by Crippen LogP contribution is -1.98. The number of methoxy groups -OCH3 is 1. The van der Waals surface area contributed by atoms with Crippen LogP contribution in [-0.4, -0.2) is 33.0 Å². The van der Waals surface area contributed by atoms with Crippen LogP contribution in [0.2, 0.25) is 10.0 Å². The first-order chi connectivity index (χ1) is 13.7.